The lowest BCUT2D eigenvalue weighted by atomic mass is 9.58. The molecule has 0 aliphatic carbocycles. The normalized spacial score (nSPS) is 28.8. The Labute approximate surface area is 131 Å². The molecule has 22 heavy (non-hydrogen) atoms. The summed E-state index contributed by atoms with van der Waals surface area (Å²) in [7, 11) is 0. The second-order valence-corrected chi connectivity index (χ2v) is 6.55. The number of benzene rings is 2. The van der Waals surface area contributed by atoms with E-state index in [1.165, 1.54) is 11.1 Å². The Morgan fingerprint density at radius 3 is 1.45 bits per heavy atom. The molecular weight excluding hydrogens is 268 g/mol. The molecule has 0 spiro atoms. The summed E-state index contributed by atoms with van der Waals surface area (Å²) in [4.78, 5) is 0. The number of fused-ring (bicyclic) bond motifs is 2. The predicted molar refractivity (Wildman–Crippen MR) is 93.1 cm³/mol. The van der Waals surface area contributed by atoms with E-state index in [-0.39, 0.29) is 10.8 Å². The molecule has 0 saturated carbocycles. The number of allylic oxidation sites excluding steroid dienone is 2. The molecular formula is C20H20N2. The van der Waals surface area contributed by atoms with Gasteiger partial charge in [-0.1, -0.05) is 49.6 Å². The first-order valence-corrected chi connectivity index (χ1v) is 7.61. The first-order chi connectivity index (χ1) is 10.5. The molecule has 2 N–H and O–H groups in total. The zero-order valence-electron chi connectivity index (χ0n) is 13.0. The van der Waals surface area contributed by atoms with Gasteiger partial charge in [-0.2, -0.15) is 0 Å². The summed E-state index contributed by atoms with van der Waals surface area (Å²) in [6.07, 6.45) is 0. The van der Waals surface area contributed by atoms with Gasteiger partial charge in [-0.15, -0.1) is 0 Å². The topological polar surface area (TPSA) is 24.1 Å². The Kier molecular flexibility index (Phi) is 2.42. The van der Waals surface area contributed by atoms with Gasteiger partial charge in [-0.3, -0.25) is 0 Å². The molecule has 2 aromatic carbocycles. The van der Waals surface area contributed by atoms with Crippen molar-refractivity contribution in [2.75, 3.05) is 10.6 Å². The van der Waals surface area contributed by atoms with Crippen LogP contribution < -0.4 is 10.6 Å². The summed E-state index contributed by atoms with van der Waals surface area (Å²) in [5.74, 6) is 0. The SMILES string of the molecule is C=C1Nc2ccccc2C1(C)C1(C)C(=C)Nc2ccccc21. The molecule has 0 fully saturated rings. The molecule has 2 heterocycles. The average molecular weight is 288 g/mol. The number of para-hydroxylation sites is 2. The fourth-order valence-corrected chi connectivity index (χ4v) is 4.10. The first-order valence-electron chi connectivity index (χ1n) is 7.61. The zero-order valence-corrected chi connectivity index (χ0v) is 13.0. The van der Waals surface area contributed by atoms with Crippen molar-refractivity contribution in [1.29, 1.82) is 0 Å². The molecule has 0 radical (unpaired) electrons. The van der Waals surface area contributed by atoms with Crippen LogP contribution in [0, 0.1) is 0 Å². The Bertz CT molecular complexity index is 750. The van der Waals surface area contributed by atoms with E-state index < -0.39 is 0 Å². The van der Waals surface area contributed by atoms with Crippen LogP contribution >= 0.6 is 0 Å². The highest BCUT2D eigenvalue weighted by molar-refractivity contribution is 5.77. The highest BCUT2D eigenvalue weighted by Gasteiger charge is 2.57. The van der Waals surface area contributed by atoms with Gasteiger partial charge in [-0.25, -0.2) is 0 Å². The fraction of sp³-hybridized carbons (Fsp3) is 0.200. The van der Waals surface area contributed by atoms with E-state index >= 15 is 0 Å². The number of hydrogen-bond donors (Lipinski definition) is 2. The van der Waals surface area contributed by atoms with Crippen LogP contribution in [0.2, 0.25) is 0 Å². The highest BCUT2D eigenvalue weighted by Crippen LogP contribution is 2.60. The van der Waals surface area contributed by atoms with Crippen LogP contribution in [0.5, 0.6) is 0 Å². The van der Waals surface area contributed by atoms with Crippen molar-refractivity contribution in [3.63, 3.8) is 0 Å². The maximum absolute atomic E-state index is 4.34. The second-order valence-electron chi connectivity index (χ2n) is 6.55. The maximum Gasteiger partial charge on any atom is 0.0489 e. The average Bonchev–Trinajstić information content (AvgIpc) is 2.94. The third-order valence-corrected chi connectivity index (χ3v) is 5.71. The quantitative estimate of drug-likeness (QED) is 0.789. The molecule has 2 nitrogen and oxygen atoms in total. The van der Waals surface area contributed by atoms with E-state index in [0.29, 0.717) is 0 Å². The standard InChI is InChI=1S/C20H20N2/c1-13-19(3,15-9-5-7-11-17(15)21-13)20(4)14(2)22-18-12-8-6-10-16(18)20/h5-12,21-22H,1-2H2,3-4H3. The van der Waals surface area contributed by atoms with Gasteiger partial charge in [0.1, 0.15) is 0 Å². The molecule has 2 aliphatic heterocycles. The van der Waals surface area contributed by atoms with Crippen molar-refractivity contribution >= 4 is 11.4 Å². The predicted octanol–water partition coefficient (Wildman–Crippen LogP) is 4.78. The summed E-state index contributed by atoms with van der Waals surface area (Å²) in [5.41, 5.74) is 6.40. The first kappa shape index (κ1) is 13.2. The van der Waals surface area contributed by atoms with Crippen molar-refractivity contribution in [2.45, 2.75) is 24.7 Å². The fourth-order valence-electron chi connectivity index (χ4n) is 4.10. The van der Waals surface area contributed by atoms with Gasteiger partial charge in [0.05, 0.1) is 0 Å². The lowest BCUT2D eigenvalue weighted by Gasteiger charge is -2.43. The van der Waals surface area contributed by atoms with Crippen molar-refractivity contribution in [3.05, 3.63) is 84.2 Å². The highest BCUT2D eigenvalue weighted by atomic mass is 15.0. The lowest BCUT2D eigenvalue weighted by Crippen LogP contribution is -2.45. The Balaban J connectivity index is 2.02. The molecule has 2 unspecified atom stereocenters. The van der Waals surface area contributed by atoms with Gasteiger partial charge in [0, 0.05) is 33.6 Å². The van der Waals surface area contributed by atoms with Gasteiger partial charge in [-0.05, 0) is 37.1 Å². The summed E-state index contributed by atoms with van der Waals surface area (Å²) < 4.78 is 0. The van der Waals surface area contributed by atoms with Crippen molar-refractivity contribution in [3.8, 4) is 0 Å². The summed E-state index contributed by atoms with van der Waals surface area (Å²) in [6, 6.07) is 16.9. The van der Waals surface area contributed by atoms with Crippen LogP contribution in [0.1, 0.15) is 25.0 Å². The van der Waals surface area contributed by atoms with Crippen LogP contribution in [0.15, 0.2) is 73.1 Å². The van der Waals surface area contributed by atoms with Crippen molar-refractivity contribution < 1.29 is 0 Å². The molecule has 0 aromatic heterocycles. The number of anilines is 2. The lowest BCUT2D eigenvalue weighted by molar-refractivity contribution is 0.372. The number of rotatable bonds is 1. The zero-order chi connectivity index (χ0) is 15.5. The van der Waals surface area contributed by atoms with Gasteiger partial charge in [0.15, 0.2) is 0 Å². The smallest absolute Gasteiger partial charge is 0.0489 e. The van der Waals surface area contributed by atoms with E-state index in [0.717, 1.165) is 22.8 Å². The third kappa shape index (κ3) is 1.31. The molecule has 0 saturated heterocycles. The number of hydrogen-bond acceptors (Lipinski definition) is 2. The second kappa shape index (κ2) is 4.04. The maximum atomic E-state index is 4.34. The van der Waals surface area contributed by atoms with Crippen molar-refractivity contribution in [2.24, 2.45) is 0 Å². The molecule has 0 amide bonds. The van der Waals surface area contributed by atoms with Gasteiger partial charge in [0.25, 0.3) is 0 Å². The molecule has 110 valence electrons. The van der Waals surface area contributed by atoms with Crippen LogP contribution in [0.25, 0.3) is 0 Å². The minimum Gasteiger partial charge on any atom is -0.358 e. The van der Waals surface area contributed by atoms with E-state index in [4.69, 9.17) is 0 Å². The largest absolute Gasteiger partial charge is 0.358 e. The van der Waals surface area contributed by atoms with Crippen LogP contribution in [-0.2, 0) is 10.8 Å². The van der Waals surface area contributed by atoms with Crippen LogP contribution in [0.3, 0.4) is 0 Å². The van der Waals surface area contributed by atoms with E-state index in [2.05, 4.69) is 86.2 Å². The molecule has 2 atom stereocenters. The Hall–Kier alpha value is -2.48. The van der Waals surface area contributed by atoms with Gasteiger partial charge >= 0.3 is 0 Å². The van der Waals surface area contributed by atoms with Crippen LogP contribution in [-0.4, -0.2) is 0 Å². The molecule has 2 aromatic rings. The van der Waals surface area contributed by atoms with E-state index in [1.807, 2.05) is 0 Å². The molecule has 2 aliphatic rings. The summed E-state index contributed by atoms with van der Waals surface area (Å²) >= 11 is 0. The molecule has 4 rings (SSSR count). The number of nitrogens with one attached hydrogen (secondary N) is 2. The minimum absolute atomic E-state index is 0.250. The Morgan fingerprint density at radius 1 is 0.682 bits per heavy atom. The summed E-state index contributed by atoms with van der Waals surface area (Å²) in [5, 5.41) is 6.96. The van der Waals surface area contributed by atoms with E-state index in [9.17, 15) is 0 Å². The van der Waals surface area contributed by atoms with E-state index in [1.54, 1.807) is 0 Å². The third-order valence-electron chi connectivity index (χ3n) is 5.71. The van der Waals surface area contributed by atoms with Gasteiger partial charge in [0.2, 0.25) is 0 Å². The van der Waals surface area contributed by atoms with Crippen molar-refractivity contribution in [1.82, 2.24) is 0 Å². The minimum atomic E-state index is -0.250. The summed E-state index contributed by atoms with van der Waals surface area (Å²) in [6.45, 7) is 13.2. The monoisotopic (exact) mass is 288 g/mol. The van der Waals surface area contributed by atoms with Gasteiger partial charge < -0.3 is 10.6 Å². The Morgan fingerprint density at radius 2 is 1.05 bits per heavy atom. The van der Waals surface area contributed by atoms with Crippen LogP contribution in [0.4, 0.5) is 11.4 Å². The molecule has 2 heteroatoms. The molecule has 0 bridgehead atoms.